The van der Waals surface area contributed by atoms with Crippen molar-refractivity contribution >= 4 is 39.8 Å². The quantitative estimate of drug-likeness (QED) is 0.233. The van der Waals surface area contributed by atoms with Crippen LogP contribution in [0.25, 0.3) is 22.2 Å². The van der Waals surface area contributed by atoms with Gasteiger partial charge in [0.25, 0.3) is 5.91 Å². The van der Waals surface area contributed by atoms with E-state index in [2.05, 4.69) is 46.2 Å². The van der Waals surface area contributed by atoms with E-state index in [9.17, 15) is 9.59 Å². The number of ether oxygens (including phenoxy) is 1. The maximum atomic E-state index is 13.1. The maximum absolute atomic E-state index is 13.1. The largest absolute Gasteiger partial charge is 0.452 e. The normalized spacial score (nSPS) is 10.8. The summed E-state index contributed by atoms with van der Waals surface area (Å²) in [6.45, 7) is 3.84. The fourth-order valence-electron chi connectivity index (χ4n) is 4.46. The van der Waals surface area contributed by atoms with Crippen LogP contribution in [0.3, 0.4) is 0 Å². The van der Waals surface area contributed by atoms with E-state index in [1.54, 1.807) is 18.5 Å². The Bertz CT molecular complexity index is 1590. The Kier molecular flexibility index (Phi) is 7.59. The monoisotopic (exact) mass is 516 g/mol. The average Bonchev–Trinajstić information content (AvgIpc) is 2.97. The molecule has 1 N–H and O–H groups in total. The van der Waals surface area contributed by atoms with Gasteiger partial charge in [-0.3, -0.25) is 9.78 Å². The Hall–Kier alpha value is -5.04. The predicted molar refractivity (Wildman–Crippen MR) is 154 cm³/mol. The summed E-state index contributed by atoms with van der Waals surface area (Å²) < 4.78 is 5.41. The smallest absolute Gasteiger partial charge is 0.339 e. The molecule has 0 aliphatic carbocycles. The van der Waals surface area contributed by atoms with Crippen LogP contribution in [-0.4, -0.2) is 34.5 Å². The number of carbonyl (C=O) groups is 2. The van der Waals surface area contributed by atoms with Crippen molar-refractivity contribution in [3.8, 4) is 11.3 Å². The molecule has 0 aliphatic rings. The van der Waals surface area contributed by atoms with E-state index in [1.807, 2.05) is 78.9 Å². The van der Waals surface area contributed by atoms with Crippen molar-refractivity contribution < 1.29 is 14.3 Å². The molecule has 0 aliphatic heterocycles. The third kappa shape index (κ3) is 5.93. The molecule has 0 spiro atoms. The summed E-state index contributed by atoms with van der Waals surface area (Å²) in [6.07, 6.45) is 3.34. The number of hydrogen-bond acceptors (Lipinski definition) is 6. The zero-order valence-electron chi connectivity index (χ0n) is 21.7. The zero-order valence-corrected chi connectivity index (χ0v) is 21.7. The van der Waals surface area contributed by atoms with Gasteiger partial charge in [-0.05, 0) is 74.5 Å². The molecule has 2 heterocycles. The molecule has 0 unspecified atom stereocenters. The Morgan fingerprint density at radius 2 is 1.51 bits per heavy atom. The van der Waals surface area contributed by atoms with Crippen LogP contribution < -0.4 is 10.2 Å². The highest BCUT2D eigenvalue weighted by Gasteiger charge is 2.17. The molecule has 5 rings (SSSR count). The molecule has 3 aromatic carbocycles. The van der Waals surface area contributed by atoms with Gasteiger partial charge in [0.1, 0.15) is 0 Å². The van der Waals surface area contributed by atoms with Crippen molar-refractivity contribution in [1.82, 2.24) is 9.97 Å². The van der Waals surface area contributed by atoms with Gasteiger partial charge >= 0.3 is 5.97 Å². The number of nitrogens with one attached hydrogen (secondary N) is 1. The second-order valence-electron chi connectivity index (χ2n) is 9.28. The van der Waals surface area contributed by atoms with Gasteiger partial charge in [0.15, 0.2) is 6.61 Å². The number of rotatable bonds is 8. The number of amides is 1. The minimum absolute atomic E-state index is 0.246. The summed E-state index contributed by atoms with van der Waals surface area (Å²) in [4.78, 5) is 36.6. The Balaban J connectivity index is 1.27. The molecule has 1 amide bonds. The van der Waals surface area contributed by atoms with Crippen molar-refractivity contribution in [3.63, 3.8) is 0 Å². The first-order chi connectivity index (χ1) is 19.0. The molecule has 7 heteroatoms. The number of nitrogens with zero attached hydrogens (tertiary/aromatic N) is 3. The molecule has 2 aromatic heterocycles. The van der Waals surface area contributed by atoms with Gasteiger partial charge in [0.05, 0.1) is 16.8 Å². The topological polar surface area (TPSA) is 84.4 Å². The van der Waals surface area contributed by atoms with Crippen molar-refractivity contribution in [2.24, 2.45) is 0 Å². The number of para-hydroxylation sites is 2. The first-order valence-electron chi connectivity index (χ1n) is 12.7. The van der Waals surface area contributed by atoms with Crippen molar-refractivity contribution in [1.29, 1.82) is 0 Å². The molecule has 0 atom stereocenters. The van der Waals surface area contributed by atoms with Gasteiger partial charge in [-0.1, -0.05) is 36.4 Å². The van der Waals surface area contributed by atoms with Crippen LogP contribution >= 0.6 is 0 Å². The highest BCUT2D eigenvalue weighted by atomic mass is 16.5. The highest BCUT2D eigenvalue weighted by molar-refractivity contribution is 6.05. The SMILES string of the molecule is CC(C)N(c1ccccc1)c1ccc(NC(=O)COC(=O)c2cc(-c3ccncc3)nc3ccccc23)cc1. The molecule has 7 nitrogen and oxygen atoms in total. The number of benzene rings is 3. The molecule has 0 saturated heterocycles. The first kappa shape index (κ1) is 25.6. The van der Waals surface area contributed by atoms with Crippen LogP contribution in [0.5, 0.6) is 0 Å². The van der Waals surface area contributed by atoms with E-state index in [1.165, 1.54) is 0 Å². The van der Waals surface area contributed by atoms with Gasteiger partial charge in [-0.15, -0.1) is 0 Å². The zero-order chi connectivity index (χ0) is 27.2. The van der Waals surface area contributed by atoms with E-state index >= 15 is 0 Å². The highest BCUT2D eigenvalue weighted by Crippen LogP contribution is 2.29. The third-order valence-corrected chi connectivity index (χ3v) is 6.23. The van der Waals surface area contributed by atoms with Crippen LogP contribution in [-0.2, 0) is 9.53 Å². The molecule has 0 fully saturated rings. The number of carbonyl (C=O) groups excluding carboxylic acids is 2. The van der Waals surface area contributed by atoms with E-state index in [-0.39, 0.29) is 6.04 Å². The van der Waals surface area contributed by atoms with Gasteiger partial charge < -0.3 is 15.0 Å². The van der Waals surface area contributed by atoms with Gasteiger partial charge in [0.2, 0.25) is 0 Å². The fraction of sp³-hybridized carbons (Fsp3) is 0.125. The second-order valence-corrected chi connectivity index (χ2v) is 9.28. The van der Waals surface area contributed by atoms with E-state index in [0.717, 1.165) is 16.9 Å². The average molecular weight is 517 g/mol. The summed E-state index contributed by atoms with van der Waals surface area (Å²) in [6, 6.07) is 30.7. The van der Waals surface area contributed by atoms with Crippen molar-refractivity contribution in [3.05, 3.63) is 115 Å². The summed E-state index contributed by atoms with van der Waals surface area (Å²) >= 11 is 0. The molecule has 0 saturated carbocycles. The van der Waals surface area contributed by atoms with Gasteiger partial charge in [0, 0.05) is 46.4 Å². The third-order valence-electron chi connectivity index (χ3n) is 6.23. The first-order valence-corrected chi connectivity index (χ1v) is 12.7. The summed E-state index contributed by atoms with van der Waals surface area (Å²) in [7, 11) is 0. The van der Waals surface area contributed by atoms with E-state index < -0.39 is 18.5 Å². The lowest BCUT2D eigenvalue weighted by Gasteiger charge is -2.29. The molecular formula is C32H28N4O3. The van der Waals surface area contributed by atoms with Crippen LogP contribution in [0.4, 0.5) is 17.1 Å². The van der Waals surface area contributed by atoms with Gasteiger partial charge in [-0.25, -0.2) is 9.78 Å². The van der Waals surface area contributed by atoms with Crippen LogP contribution in [0, 0.1) is 0 Å². The molecular weight excluding hydrogens is 488 g/mol. The lowest BCUT2D eigenvalue weighted by molar-refractivity contribution is -0.119. The maximum Gasteiger partial charge on any atom is 0.339 e. The summed E-state index contributed by atoms with van der Waals surface area (Å²) in [5, 5.41) is 3.46. The second kappa shape index (κ2) is 11.6. The predicted octanol–water partition coefficient (Wildman–Crippen LogP) is 6.64. The lowest BCUT2D eigenvalue weighted by Crippen LogP contribution is -2.25. The van der Waals surface area contributed by atoms with E-state index in [0.29, 0.717) is 27.8 Å². The number of hydrogen-bond donors (Lipinski definition) is 1. The summed E-state index contributed by atoms with van der Waals surface area (Å²) in [5.41, 5.74) is 5.18. The number of pyridine rings is 2. The Morgan fingerprint density at radius 3 is 2.23 bits per heavy atom. The van der Waals surface area contributed by atoms with Gasteiger partial charge in [-0.2, -0.15) is 0 Å². The Labute approximate surface area is 227 Å². The summed E-state index contributed by atoms with van der Waals surface area (Å²) in [5.74, 6) is -1.02. The number of anilines is 3. The number of aromatic nitrogens is 2. The minimum atomic E-state index is -0.593. The Morgan fingerprint density at radius 1 is 0.846 bits per heavy atom. The molecule has 0 bridgehead atoms. The van der Waals surface area contributed by atoms with E-state index in [4.69, 9.17) is 4.74 Å². The fourth-order valence-corrected chi connectivity index (χ4v) is 4.46. The minimum Gasteiger partial charge on any atom is -0.452 e. The van der Waals surface area contributed by atoms with Crippen LogP contribution in [0.1, 0.15) is 24.2 Å². The van der Waals surface area contributed by atoms with Crippen molar-refractivity contribution in [2.45, 2.75) is 19.9 Å². The lowest BCUT2D eigenvalue weighted by atomic mass is 10.0. The molecule has 5 aromatic rings. The standard InChI is InChI=1S/C32H28N4O3/c1-22(2)36(25-8-4-3-5-9-25)26-14-12-24(13-15-26)34-31(37)21-39-32(38)28-20-30(23-16-18-33-19-17-23)35-29-11-7-6-10-27(28)29/h3-20,22H,21H2,1-2H3,(H,34,37). The van der Waals surface area contributed by atoms with Crippen LogP contribution in [0.15, 0.2) is 109 Å². The van der Waals surface area contributed by atoms with Crippen LogP contribution in [0.2, 0.25) is 0 Å². The number of fused-ring (bicyclic) bond motifs is 1. The molecule has 194 valence electrons. The molecule has 0 radical (unpaired) electrons. The van der Waals surface area contributed by atoms with Crippen molar-refractivity contribution in [2.75, 3.05) is 16.8 Å². The number of esters is 1. The molecule has 39 heavy (non-hydrogen) atoms.